The number of nitrogens with zero attached hydrogens (tertiary/aromatic N) is 1. The normalized spacial score (nSPS) is 11.9. The number of hydrogen-bond acceptors (Lipinski definition) is 5. The summed E-state index contributed by atoms with van der Waals surface area (Å²) in [6.45, 7) is 0. The molecule has 0 aliphatic carbocycles. The Balaban J connectivity index is 3.14. The van der Waals surface area contributed by atoms with Gasteiger partial charge in [-0.05, 0) is 6.07 Å². The van der Waals surface area contributed by atoms with E-state index >= 15 is 0 Å². The highest BCUT2D eigenvalue weighted by molar-refractivity contribution is 5.73. The number of carboxylic acids is 1. The Morgan fingerprint density at radius 2 is 2.24 bits per heavy atom. The van der Waals surface area contributed by atoms with Crippen LogP contribution in [0.2, 0.25) is 0 Å². The smallest absolute Gasteiger partial charge is 0.332 e. The third-order valence-corrected chi connectivity index (χ3v) is 2.18. The standard InChI is InChI=1S/C10H11NO6/c1-17-8-4-2-3-6(9(8)11(15)16)5-7(12)10(13)14/h2-4,7,12H,5H2,1H3,(H,13,14). The Labute approximate surface area is 96.4 Å². The number of rotatable bonds is 5. The Morgan fingerprint density at radius 3 is 2.71 bits per heavy atom. The average molecular weight is 241 g/mol. The Hall–Kier alpha value is -2.15. The first kappa shape index (κ1) is 12.9. The zero-order valence-electron chi connectivity index (χ0n) is 8.99. The molecule has 7 heteroatoms. The average Bonchev–Trinajstić information content (AvgIpc) is 2.27. The summed E-state index contributed by atoms with van der Waals surface area (Å²) < 4.78 is 4.82. The van der Waals surface area contributed by atoms with Crippen LogP contribution in [0.1, 0.15) is 5.56 Å². The SMILES string of the molecule is COc1cccc(CC(O)C(=O)O)c1[N+](=O)[O-]. The van der Waals surface area contributed by atoms with Crippen molar-refractivity contribution in [2.24, 2.45) is 0 Å². The summed E-state index contributed by atoms with van der Waals surface area (Å²) in [7, 11) is 1.28. The minimum absolute atomic E-state index is 0.0325. The minimum Gasteiger partial charge on any atom is -0.490 e. The van der Waals surface area contributed by atoms with Crippen molar-refractivity contribution in [1.29, 1.82) is 0 Å². The fourth-order valence-corrected chi connectivity index (χ4v) is 1.40. The van der Waals surface area contributed by atoms with Gasteiger partial charge in [-0.25, -0.2) is 4.79 Å². The molecule has 0 amide bonds. The van der Waals surface area contributed by atoms with Gasteiger partial charge in [0.05, 0.1) is 12.0 Å². The minimum atomic E-state index is -1.68. The first-order valence-corrected chi connectivity index (χ1v) is 4.68. The molecule has 92 valence electrons. The molecule has 0 saturated heterocycles. The molecule has 1 atom stereocenters. The van der Waals surface area contributed by atoms with E-state index in [0.717, 1.165) is 0 Å². The number of aliphatic hydroxyl groups is 1. The lowest BCUT2D eigenvalue weighted by Crippen LogP contribution is -2.22. The molecule has 0 aliphatic heterocycles. The summed E-state index contributed by atoms with van der Waals surface area (Å²) in [6, 6.07) is 4.28. The van der Waals surface area contributed by atoms with Crippen molar-refractivity contribution < 1.29 is 24.7 Å². The van der Waals surface area contributed by atoms with Gasteiger partial charge in [0, 0.05) is 12.0 Å². The van der Waals surface area contributed by atoms with Crippen LogP contribution in [0.4, 0.5) is 5.69 Å². The van der Waals surface area contributed by atoms with Crippen molar-refractivity contribution in [1.82, 2.24) is 0 Å². The second-order valence-corrected chi connectivity index (χ2v) is 3.28. The molecule has 0 heterocycles. The number of para-hydroxylation sites is 1. The van der Waals surface area contributed by atoms with E-state index in [-0.39, 0.29) is 23.4 Å². The molecule has 17 heavy (non-hydrogen) atoms. The zero-order chi connectivity index (χ0) is 13.0. The quantitative estimate of drug-likeness (QED) is 0.576. The highest BCUT2D eigenvalue weighted by Gasteiger charge is 2.24. The number of aliphatic carboxylic acids is 1. The van der Waals surface area contributed by atoms with Crippen LogP contribution in [-0.2, 0) is 11.2 Å². The van der Waals surface area contributed by atoms with E-state index in [1.807, 2.05) is 0 Å². The van der Waals surface area contributed by atoms with E-state index in [2.05, 4.69) is 0 Å². The number of carboxylic acid groups (broad SMARTS) is 1. The number of ether oxygens (including phenoxy) is 1. The Kier molecular flexibility index (Phi) is 4.00. The molecule has 0 spiro atoms. The summed E-state index contributed by atoms with van der Waals surface area (Å²) in [4.78, 5) is 20.7. The van der Waals surface area contributed by atoms with Gasteiger partial charge in [-0.3, -0.25) is 10.1 Å². The van der Waals surface area contributed by atoms with Crippen molar-refractivity contribution in [2.45, 2.75) is 12.5 Å². The fourth-order valence-electron chi connectivity index (χ4n) is 1.40. The van der Waals surface area contributed by atoms with Crippen LogP contribution in [0.25, 0.3) is 0 Å². The van der Waals surface area contributed by atoms with E-state index in [1.165, 1.54) is 25.3 Å². The zero-order valence-corrected chi connectivity index (χ0v) is 8.99. The number of nitro groups is 1. The summed E-state index contributed by atoms with van der Waals surface area (Å²) in [5, 5.41) is 28.6. The molecular weight excluding hydrogens is 230 g/mol. The topological polar surface area (TPSA) is 110 Å². The first-order valence-electron chi connectivity index (χ1n) is 4.68. The predicted molar refractivity (Wildman–Crippen MR) is 57.0 cm³/mol. The first-order chi connectivity index (χ1) is 7.97. The highest BCUT2D eigenvalue weighted by Crippen LogP contribution is 2.31. The molecule has 1 unspecified atom stereocenters. The van der Waals surface area contributed by atoms with E-state index in [1.54, 1.807) is 0 Å². The second kappa shape index (κ2) is 5.26. The Bertz CT molecular complexity index is 444. The lowest BCUT2D eigenvalue weighted by molar-refractivity contribution is -0.386. The molecule has 1 aromatic carbocycles. The summed E-state index contributed by atoms with van der Waals surface area (Å²) in [5.41, 5.74) is -0.209. The van der Waals surface area contributed by atoms with Crippen LogP contribution in [0.5, 0.6) is 5.75 Å². The van der Waals surface area contributed by atoms with Crippen molar-refractivity contribution in [2.75, 3.05) is 7.11 Å². The van der Waals surface area contributed by atoms with Crippen molar-refractivity contribution in [3.05, 3.63) is 33.9 Å². The molecule has 7 nitrogen and oxygen atoms in total. The molecule has 0 radical (unpaired) electrons. The van der Waals surface area contributed by atoms with Gasteiger partial charge < -0.3 is 14.9 Å². The summed E-state index contributed by atoms with van der Waals surface area (Å²) in [5.74, 6) is -1.40. The van der Waals surface area contributed by atoms with Gasteiger partial charge in [0.25, 0.3) is 0 Å². The van der Waals surface area contributed by atoms with E-state index in [9.17, 15) is 20.0 Å². The number of nitro benzene ring substituents is 1. The van der Waals surface area contributed by atoms with Gasteiger partial charge in [0.1, 0.15) is 0 Å². The van der Waals surface area contributed by atoms with Crippen LogP contribution < -0.4 is 4.74 Å². The monoisotopic (exact) mass is 241 g/mol. The van der Waals surface area contributed by atoms with Crippen LogP contribution in [0, 0.1) is 10.1 Å². The van der Waals surface area contributed by atoms with Crippen LogP contribution in [-0.4, -0.2) is 34.3 Å². The molecule has 0 bridgehead atoms. The largest absolute Gasteiger partial charge is 0.490 e. The van der Waals surface area contributed by atoms with Gasteiger partial charge in [0.2, 0.25) is 0 Å². The van der Waals surface area contributed by atoms with Gasteiger partial charge in [0.15, 0.2) is 11.9 Å². The van der Waals surface area contributed by atoms with E-state index in [0.29, 0.717) is 0 Å². The Morgan fingerprint density at radius 1 is 1.59 bits per heavy atom. The predicted octanol–water partition coefficient (Wildman–Crippen LogP) is 0.591. The molecule has 1 aromatic rings. The fraction of sp³-hybridized carbons (Fsp3) is 0.300. The molecule has 2 N–H and O–H groups in total. The number of hydrogen-bond donors (Lipinski definition) is 2. The van der Waals surface area contributed by atoms with Crippen LogP contribution >= 0.6 is 0 Å². The van der Waals surface area contributed by atoms with Crippen molar-refractivity contribution >= 4 is 11.7 Å². The third-order valence-electron chi connectivity index (χ3n) is 2.18. The summed E-state index contributed by atoms with van der Waals surface area (Å²) in [6.07, 6.45) is -2.02. The maximum absolute atomic E-state index is 10.8. The molecule has 0 aliphatic rings. The number of carbonyl (C=O) groups is 1. The number of benzene rings is 1. The number of aliphatic hydroxyl groups excluding tert-OH is 1. The van der Waals surface area contributed by atoms with E-state index < -0.39 is 17.0 Å². The molecule has 0 saturated carbocycles. The van der Waals surface area contributed by atoms with E-state index in [4.69, 9.17) is 9.84 Å². The van der Waals surface area contributed by atoms with Gasteiger partial charge in [-0.1, -0.05) is 12.1 Å². The lowest BCUT2D eigenvalue weighted by Gasteiger charge is -2.08. The van der Waals surface area contributed by atoms with Gasteiger partial charge >= 0.3 is 11.7 Å². The van der Waals surface area contributed by atoms with Gasteiger partial charge in [-0.2, -0.15) is 0 Å². The highest BCUT2D eigenvalue weighted by atomic mass is 16.6. The lowest BCUT2D eigenvalue weighted by atomic mass is 10.1. The van der Waals surface area contributed by atoms with Crippen molar-refractivity contribution in [3.63, 3.8) is 0 Å². The molecule has 1 rings (SSSR count). The van der Waals surface area contributed by atoms with Crippen LogP contribution in [0.3, 0.4) is 0 Å². The van der Waals surface area contributed by atoms with Gasteiger partial charge in [-0.15, -0.1) is 0 Å². The maximum atomic E-state index is 10.8. The molecule has 0 aromatic heterocycles. The van der Waals surface area contributed by atoms with Crippen molar-refractivity contribution in [3.8, 4) is 5.75 Å². The van der Waals surface area contributed by atoms with Crippen LogP contribution in [0.15, 0.2) is 18.2 Å². The maximum Gasteiger partial charge on any atom is 0.332 e. The molecule has 0 fully saturated rings. The third kappa shape index (κ3) is 2.91. The molecular formula is C10H11NO6. The number of methoxy groups -OCH3 is 1. The second-order valence-electron chi connectivity index (χ2n) is 3.28. The summed E-state index contributed by atoms with van der Waals surface area (Å²) >= 11 is 0.